The second-order valence-corrected chi connectivity index (χ2v) is 5.49. The van der Waals surface area contributed by atoms with E-state index < -0.39 is 26.9 Å². The molecule has 7 nitrogen and oxygen atoms in total. The molecule has 0 aliphatic rings. The molecule has 18 heavy (non-hydrogen) atoms. The largest absolute Gasteiger partial charge is 0.420 e. The Bertz CT molecular complexity index is 742. The van der Waals surface area contributed by atoms with Gasteiger partial charge in [-0.3, -0.25) is 0 Å². The molecule has 96 valence electrons. The summed E-state index contributed by atoms with van der Waals surface area (Å²) < 4.78 is 41.2. The first-order valence-electron chi connectivity index (χ1n) is 4.38. The van der Waals surface area contributed by atoms with Gasteiger partial charge in [0.05, 0.1) is 11.8 Å². The number of hydrogen-bond donors (Lipinski definition) is 2. The number of halogens is 2. The Kier molecular flexibility index (Phi) is 2.99. The van der Waals surface area contributed by atoms with Gasteiger partial charge in [-0.2, -0.15) is 8.42 Å². The van der Waals surface area contributed by atoms with Gasteiger partial charge in [-0.05, 0) is 22.0 Å². The third-order valence-corrected chi connectivity index (χ3v) is 3.89. The molecule has 0 bridgehead atoms. The molecule has 0 unspecified atom stereocenters. The zero-order chi connectivity index (χ0) is 13.5. The van der Waals surface area contributed by atoms with Gasteiger partial charge in [-0.1, -0.05) is 0 Å². The van der Waals surface area contributed by atoms with E-state index in [1.54, 1.807) is 0 Å². The summed E-state index contributed by atoms with van der Waals surface area (Å²) in [6.45, 7) is 0. The number of nitrogens with two attached hydrogens (primary N) is 1. The van der Waals surface area contributed by atoms with E-state index in [0.717, 1.165) is 6.07 Å². The lowest BCUT2D eigenvalue weighted by atomic mass is 10.3. The monoisotopic (exact) mass is 337 g/mol. The third kappa shape index (κ3) is 2.04. The van der Waals surface area contributed by atoms with E-state index in [9.17, 15) is 17.6 Å². The Morgan fingerprint density at radius 2 is 2.22 bits per heavy atom. The highest BCUT2D eigenvalue weighted by Gasteiger charge is 2.28. The van der Waals surface area contributed by atoms with E-state index in [1.165, 1.54) is 6.33 Å². The van der Waals surface area contributed by atoms with Crippen LogP contribution in [0.25, 0.3) is 11.0 Å². The zero-order valence-corrected chi connectivity index (χ0v) is 10.9. The number of aromatic nitrogens is 2. The summed E-state index contributed by atoms with van der Waals surface area (Å²) in [4.78, 5) is 15.9. The molecule has 0 atom stereocenters. The maximum absolute atomic E-state index is 13.7. The fraction of sp³-hybridized carbons (Fsp3) is 0. The van der Waals surface area contributed by atoms with Crippen LogP contribution in [0.2, 0.25) is 0 Å². The molecule has 1 aromatic carbocycles. The second kappa shape index (κ2) is 4.21. The smallest absolute Gasteiger partial charge is 0.343 e. The maximum Gasteiger partial charge on any atom is 0.420 e. The van der Waals surface area contributed by atoms with Crippen LogP contribution < -0.4 is 5.73 Å². The van der Waals surface area contributed by atoms with Crippen LogP contribution in [-0.2, 0) is 14.3 Å². The first-order valence-corrected chi connectivity index (χ1v) is 6.58. The Morgan fingerprint density at radius 1 is 1.56 bits per heavy atom. The summed E-state index contributed by atoms with van der Waals surface area (Å²) >= 11 is 3.03. The zero-order valence-electron chi connectivity index (χ0n) is 8.48. The summed E-state index contributed by atoms with van der Waals surface area (Å²) in [5.41, 5.74) is 4.68. The highest BCUT2D eigenvalue weighted by Crippen LogP contribution is 2.30. The molecule has 1 heterocycles. The normalized spacial score (nSPS) is 11.7. The molecule has 0 aliphatic carbocycles. The fourth-order valence-corrected chi connectivity index (χ4v) is 2.91. The molecule has 1 amide bonds. The number of hydrogen-bond acceptors (Lipinski definition) is 5. The molecule has 0 fully saturated rings. The van der Waals surface area contributed by atoms with E-state index in [4.69, 9.17) is 0 Å². The lowest BCUT2D eigenvalue weighted by Crippen LogP contribution is -2.20. The van der Waals surface area contributed by atoms with Gasteiger partial charge in [0.1, 0.15) is 11.3 Å². The highest BCUT2D eigenvalue weighted by atomic mass is 79.9. The molecule has 2 rings (SSSR count). The van der Waals surface area contributed by atoms with Crippen LogP contribution in [0.15, 0.2) is 21.8 Å². The SMILES string of the molecule is NC(=O)OS(=O)(=O)c1c(F)cc(Br)c2nc[nH]c12. The van der Waals surface area contributed by atoms with Crippen molar-refractivity contribution in [3.63, 3.8) is 0 Å². The molecular weight excluding hydrogens is 333 g/mol. The number of rotatable bonds is 2. The molecule has 0 saturated carbocycles. The van der Waals surface area contributed by atoms with Crippen LogP contribution in [0.4, 0.5) is 9.18 Å². The molecular formula is C8H5BrFN3O4S. The van der Waals surface area contributed by atoms with Gasteiger partial charge >= 0.3 is 16.2 Å². The number of carbonyl (C=O) groups excluding carboxylic acids is 1. The number of carbonyl (C=O) groups is 1. The van der Waals surface area contributed by atoms with Crippen LogP contribution in [-0.4, -0.2) is 24.5 Å². The van der Waals surface area contributed by atoms with Gasteiger partial charge < -0.3 is 14.9 Å². The van der Waals surface area contributed by atoms with Crippen molar-refractivity contribution < 1.29 is 21.8 Å². The van der Waals surface area contributed by atoms with E-state index in [1.807, 2.05) is 0 Å². The molecule has 0 radical (unpaired) electrons. The summed E-state index contributed by atoms with van der Waals surface area (Å²) in [6, 6.07) is 0.903. The summed E-state index contributed by atoms with van der Waals surface area (Å²) in [6.07, 6.45) is -0.372. The van der Waals surface area contributed by atoms with Crippen molar-refractivity contribution in [3.05, 3.63) is 22.7 Å². The number of fused-ring (bicyclic) bond motifs is 1. The van der Waals surface area contributed by atoms with Gasteiger partial charge in [-0.15, -0.1) is 0 Å². The van der Waals surface area contributed by atoms with Crippen molar-refractivity contribution in [2.75, 3.05) is 0 Å². The molecule has 0 spiro atoms. The average Bonchev–Trinajstić information content (AvgIpc) is 2.63. The van der Waals surface area contributed by atoms with Gasteiger partial charge in [0.15, 0.2) is 4.90 Å². The molecule has 0 aliphatic heterocycles. The van der Waals surface area contributed by atoms with Crippen molar-refractivity contribution in [1.82, 2.24) is 9.97 Å². The Morgan fingerprint density at radius 3 is 2.83 bits per heavy atom. The number of nitrogens with zero attached hydrogens (tertiary/aromatic N) is 1. The van der Waals surface area contributed by atoms with Gasteiger partial charge in [0.25, 0.3) is 0 Å². The van der Waals surface area contributed by atoms with Crippen molar-refractivity contribution in [3.8, 4) is 0 Å². The van der Waals surface area contributed by atoms with Crippen LogP contribution in [0.1, 0.15) is 0 Å². The fourth-order valence-electron chi connectivity index (χ4n) is 1.41. The van der Waals surface area contributed by atoms with Gasteiger partial charge in [0, 0.05) is 4.47 Å². The van der Waals surface area contributed by atoms with E-state index in [2.05, 4.69) is 35.8 Å². The predicted octanol–water partition coefficient (Wildman–Crippen LogP) is 1.25. The summed E-state index contributed by atoms with van der Waals surface area (Å²) in [7, 11) is -4.65. The van der Waals surface area contributed by atoms with E-state index in [0.29, 0.717) is 0 Å². The first-order chi connectivity index (χ1) is 8.33. The summed E-state index contributed by atoms with van der Waals surface area (Å²) in [5.74, 6) is -1.10. The molecule has 10 heteroatoms. The average molecular weight is 338 g/mol. The quantitative estimate of drug-likeness (QED) is 0.800. The topological polar surface area (TPSA) is 115 Å². The predicted molar refractivity (Wildman–Crippen MR) is 61.6 cm³/mol. The Hall–Kier alpha value is -1.68. The summed E-state index contributed by atoms with van der Waals surface area (Å²) in [5, 5.41) is 0. The van der Waals surface area contributed by atoms with Crippen LogP contribution in [0.3, 0.4) is 0 Å². The minimum atomic E-state index is -4.65. The molecule has 3 N–H and O–H groups in total. The van der Waals surface area contributed by atoms with Crippen molar-refractivity contribution in [1.29, 1.82) is 0 Å². The number of amides is 1. The lowest BCUT2D eigenvalue weighted by Gasteiger charge is -2.06. The number of aromatic amines is 1. The number of benzene rings is 1. The van der Waals surface area contributed by atoms with Crippen molar-refractivity contribution in [2.45, 2.75) is 4.90 Å². The van der Waals surface area contributed by atoms with E-state index >= 15 is 0 Å². The van der Waals surface area contributed by atoms with Crippen molar-refractivity contribution in [2.24, 2.45) is 5.73 Å². The Balaban J connectivity index is 2.79. The van der Waals surface area contributed by atoms with E-state index in [-0.39, 0.29) is 15.5 Å². The molecule has 0 saturated heterocycles. The van der Waals surface area contributed by atoms with Crippen LogP contribution >= 0.6 is 15.9 Å². The number of imidazole rings is 1. The maximum atomic E-state index is 13.7. The number of primary amides is 1. The van der Waals surface area contributed by atoms with Crippen LogP contribution in [0.5, 0.6) is 0 Å². The minimum absolute atomic E-state index is 0.122. The van der Waals surface area contributed by atoms with Crippen molar-refractivity contribution >= 4 is 43.2 Å². The van der Waals surface area contributed by atoms with Crippen LogP contribution in [0, 0.1) is 5.82 Å². The molecule has 1 aromatic heterocycles. The molecule has 2 aromatic rings. The first kappa shape index (κ1) is 12.8. The third-order valence-electron chi connectivity index (χ3n) is 2.00. The van der Waals surface area contributed by atoms with Gasteiger partial charge in [0.2, 0.25) is 0 Å². The number of H-pyrrole nitrogens is 1. The standard InChI is InChI=1S/C8H5BrFN3O4S/c9-3-1-4(10)7(6-5(3)12-2-13-6)18(15,16)17-8(11)14/h1-2H,(H2,11,14)(H,12,13). The second-order valence-electron chi connectivity index (χ2n) is 3.15. The number of nitrogens with one attached hydrogen (secondary N) is 1. The highest BCUT2D eigenvalue weighted by molar-refractivity contribution is 9.10. The minimum Gasteiger partial charge on any atom is -0.343 e. The Labute approximate surface area is 108 Å². The van der Waals surface area contributed by atoms with Gasteiger partial charge in [-0.25, -0.2) is 14.2 Å². The lowest BCUT2D eigenvalue weighted by molar-refractivity contribution is 0.212.